The van der Waals surface area contributed by atoms with E-state index in [-0.39, 0.29) is 73.3 Å². The number of nitrogens with zero attached hydrogens (tertiary/aromatic N) is 16. The van der Waals surface area contributed by atoms with Crippen LogP contribution in [0.3, 0.4) is 0 Å². The van der Waals surface area contributed by atoms with Gasteiger partial charge in [-0.1, -0.05) is 77.5 Å². The minimum Gasteiger partial charge on any atom is -0.460 e. The molecule has 35 nitrogen and oxygen atoms in total. The topological polar surface area (TPSA) is 448 Å². The van der Waals surface area contributed by atoms with Crippen LogP contribution in [0.15, 0.2) is 114 Å². The third-order valence-corrected chi connectivity index (χ3v) is 26.1. The van der Waals surface area contributed by atoms with Gasteiger partial charge in [-0.25, -0.2) is 49.3 Å². The van der Waals surface area contributed by atoms with Crippen molar-refractivity contribution in [1.29, 1.82) is 0 Å². The van der Waals surface area contributed by atoms with E-state index in [1.807, 2.05) is 77.8 Å². The third kappa shape index (κ3) is 22.9. The number of aliphatic hydroxyl groups excluding tert-OH is 1. The molecule has 6 aromatic heterocycles. The Morgan fingerprint density at radius 1 is 0.695 bits per heavy atom. The molecule has 6 N–H and O–H groups in total. The highest BCUT2D eigenvalue weighted by Gasteiger charge is 2.53. The van der Waals surface area contributed by atoms with Crippen LogP contribution in [0.25, 0.3) is 33.4 Å². The average Bonchev–Trinajstić information content (AvgIpc) is 1.53. The number of piperidine rings is 1. The highest BCUT2D eigenvalue weighted by Crippen LogP contribution is 2.40. The van der Waals surface area contributed by atoms with Crippen LogP contribution in [-0.4, -0.2) is 256 Å². The van der Waals surface area contributed by atoms with E-state index >= 15 is 0 Å². The number of anilines is 5. The molecule has 128 heavy (non-hydrogen) atoms. The molecule has 1 aromatic carbocycles. The van der Waals surface area contributed by atoms with Crippen LogP contribution in [-0.2, 0) is 70.2 Å². The van der Waals surface area contributed by atoms with Crippen molar-refractivity contribution >= 4 is 98.7 Å². The fourth-order valence-corrected chi connectivity index (χ4v) is 18.3. The predicted molar refractivity (Wildman–Crippen MR) is 476 cm³/mol. The second-order valence-electron chi connectivity index (χ2n) is 35.2. The zero-order valence-corrected chi connectivity index (χ0v) is 74.9. The molecule has 15 atom stereocenters. The number of carbonyl (C=O) groups excluding carboxylic acids is 8. The van der Waals surface area contributed by atoms with Crippen molar-refractivity contribution in [3.05, 3.63) is 126 Å². The second kappa shape index (κ2) is 43.2. The molecule has 35 heteroatoms. The van der Waals surface area contributed by atoms with E-state index in [1.165, 1.54) is 18.3 Å². The summed E-state index contributed by atoms with van der Waals surface area (Å²) in [6.45, 7) is 17.3. The number of amides is 2. The Kier molecular flexibility index (Phi) is 31.9. The van der Waals surface area contributed by atoms with Gasteiger partial charge in [0, 0.05) is 173 Å². The number of piperazine rings is 2. The Bertz CT molecular complexity index is 5180. The van der Waals surface area contributed by atoms with Gasteiger partial charge in [0.25, 0.3) is 23.6 Å². The molecule has 1 aliphatic carbocycles. The molecule has 0 spiro atoms. The third-order valence-electron chi connectivity index (χ3n) is 26.1. The van der Waals surface area contributed by atoms with Crippen molar-refractivity contribution in [2.75, 3.05) is 106 Å². The van der Waals surface area contributed by atoms with E-state index in [1.54, 1.807) is 96.1 Å². The number of oxazole rings is 1. The summed E-state index contributed by atoms with van der Waals surface area (Å²) in [5, 5.41) is 29.4. The molecule has 0 radical (unpaired) electrons. The number of allylic oxidation sites excluding steroid dienone is 6. The molecule has 11 heterocycles. The summed E-state index contributed by atoms with van der Waals surface area (Å²) in [7, 11) is 4.51. The number of aromatic nitrogens is 11. The number of methoxy groups -OCH3 is 3. The molecule has 5 aliphatic heterocycles. The average molecular weight is 1760 g/mol. The van der Waals surface area contributed by atoms with Crippen molar-refractivity contribution in [3.63, 3.8) is 0 Å². The summed E-state index contributed by atoms with van der Waals surface area (Å²) in [6.07, 6.45) is 23.9. The highest BCUT2D eigenvalue weighted by atomic mass is 16.6. The van der Waals surface area contributed by atoms with Gasteiger partial charge in [0.2, 0.25) is 23.6 Å². The van der Waals surface area contributed by atoms with Gasteiger partial charge in [-0.05, 0) is 150 Å². The lowest BCUT2D eigenvalue weighted by Crippen LogP contribution is -2.61. The number of aryl methyl sites for hydroxylation is 2. The number of ketones is 4. The Labute approximate surface area is 745 Å². The fourth-order valence-electron chi connectivity index (χ4n) is 18.3. The Morgan fingerprint density at radius 2 is 1.38 bits per heavy atom. The molecule has 13 rings (SSSR count). The Hall–Kier alpha value is -11.2. The largest absolute Gasteiger partial charge is 0.460 e. The number of Topliss-reactive ketones (excluding diaryl/α,β-unsaturated/α-hetero) is 4. The number of ether oxygens (including phenoxy) is 6. The first kappa shape index (κ1) is 94.4. The number of nitrogens with two attached hydrogens (primary N) is 2. The minimum atomic E-state index is -2.49. The maximum atomic E-state index is 14.8. The van der Waals surface area contributed by atoms with Gasteiger partial charge < -0.3 is 79.0 Å². The van der Waals surface area contributed by atoms with E-state index in [4.69, 9.17) is 49.4 Å². The summed E-state index contributed by atoms with van der Waals surface area (Å²) in [5.41, 5.74) is 18.0. The van der Waals surface area contributed by atoms with Crippen LogP contribution in [0.1, 0.15) is 184 Å². The van der Waals surface area contributed by atoms with Crippen LogP contribution < -0.4 is 26.2 Å². The van der Waals surface area contributed by atoms with Gasteiger partial charge in [-0.2, -0.15) is 10.1 Å². The van der Waals surface area contributed by atoms with E-state index < -0.39 is 102 Å². The van der Waals surface area contributed by atoms with Crippen LogP contribution in [0.5, 0.6) is 0 Å². The van der Waals surface area contributed by atoms with Gasteiger partial charge in [0.15, 0.2) is 22.8 Å². The van der Waals surface area contributed by atoms with E-state index in [0.29, 0.717) is 204 Å². The lowest BCUT2D eigenvalue weighted by atomic mass is 9.78. The summed E-state index contributed by atoms with van der Waals surface area (Å²) >= 11 is 0. The van der Waals surface area contributed by atoms with Gasteiger partial charge >= 0.3 is 11.9 Å². The van der Waals surface area contributed by atoms with Crippen molar-refractivity contribution < 1.29 is 81.4 Å². The first-order chi connectivity index (χ1) is 61.6. The standard InChI is InChI=1S/C93H122N18O17/c1-55-19-13-11-14-20-56(2)74(122-8)46-67-27-23-61(7)93(121,128-67)83(117)87(119)110-31-18-16-21-69(110)88(120)126-75(47-71(113)57(3)42-60(6)81(116)82(124-10)80(115)59(5)41-55)58(4)43-62-24-28-73(76(44-62)123-9)125-77(114)30-25-63-48-96-90(97-49-63)108-37-39-109(40-38-108)92-100-52-66(53-101-92)86(118)106-33-35-107(36-34-106)91-98-50-65(51-99-91)70(112)22-15-12-17-32-111-85-78(84(94)102-54-103-85)79(105-111)64-26-29-72-68(45-64)104-89(95)127-72/h11,13-14,19-20,26,29,42,45,48-55,57-59,61-62,67,69,73-76,81-82,116,121H,12,15-18,21-25,27-28,30-41,43-44,46-47H2,1-10H3,(H2,95,104)(H2,94,102,103)/b14-11+,19-13+,56-20+,60-42+/t55-,57-,58-,59-,61-,62+,67+,69+,73-,74+,75+,76-,81-,82+,93-/m1/s1. The molecule has 1 saturated carbocycles. The first-order valence-corrected chi connectivity index (χ1v) is 44.9. The number of carbonyl (C=O) groups is 8. The smallest absolute Gasteiger partial charge is 0.329 e. The van der Waals surface area contributed by atoms with Crippen molar-refractivity contribution in [2.24, 2.45) is 35.5 Å². The van der Waals surface area contributed by atoms with E-state index in [2.05, 4.69) is 49.8 Å². The number of rotatable bonds is 22. The maximum absolute atomic E-state index is 14.8. The molecule has 686 valence electrons. The van der Waals surface area contributed by atoms with Gasteiger partial charge in [-0.3, -0.25) is 33.6 Å². The molecule has 2 amide bonds. The van der Waals surface area contributed by atoms with Crippen LogP contribution in [0, 0.1) is 35.5 Å². The number of esters is 2. The Morgan fingerprint density at radius 3 is 2.05 bits per heavy atom. The van der Waals surface area contributed by atoms with Gasteiger partial charge in [-0.15, -0.1) is 0 Å². The van der Waals surface area contributed by atoms with Crippen LogP contribution in [0.4, 0.5) is 29.7 Å². The zero-order valence-electron chi connectivity index (χ0n) is 74.9. The van der Waals surface area contributed by atoms with Gasteiger partial charge in [0.1, 0.15) is 59.6 Å². The SMILES string of the molecule is CO[C@H]1C[C@@H]2CC[C@@H](C)[C@@](O)(O2)C(=O)C(=O)N2CCCC[C@H]2C(=O)O[C@H]([C@H](C)C[C@@H]2CC[C@@H](OC(=O)CCc3cnc(N4CCN(c5ncc(C(=O)N6CCN(c7ncc(C(=O)CCCCCn8nc(-c9ccc%10oc(N)nc%10c9)c9c(N)ncnc98)cn7)CC6)cn5)CC4)nc3)[C@H](OC)C2)CC(=O)[C@H](C)/C=C(\C)[C@@H](O)[C@@H](OC)C(=O)[C@H](C)C[C@H](C)/C=C/C=C/C=C/1C. The number of benzene rings is 1. The molecule has 5 fully saturated rings. The van der Waals surface area contributed by atoms with E-state index in [9.17, 15) is 48.6 Å². The van der Waals surface area contributed by atoms with E-state index in [0.717, 1.165) is 29.5 Å². The number of hydrogen-bond donors (Lipinski definition) is 4. The number of hydrogen-bond acceptors (Lipinski definition) is 32. The normalized spacial score (nSPS) is 27.8. The molecule has 6 aliphatic rings. The zero-order chi connectivity index (χ0) is 91.0. The summed E-state index contributed by atoms with van der Waals surface area (Å²) in [4.78, 5) is 163. The molecule has 7 aromatic rings. The second-order valence-corrected chi connectivity index (χ2v) is 35.2. The van der Waals surface area contributed by atoms with Gasteiger partial charge in [0.05, 0.1) is 34.8 Å². The number of unbranched alkanes of at least 4 members (excludes halogenated alkanes) is 2. The minimum absolute atomic E-state index is 0.0239. The number of cyclic esters (lactones) is 1. The summed E-state index contributed by atoms with van der Waals surface area (Å²) in [5.74, 6) is -7.53. The summed E-state index contributed by atoms with van der Waals surface area (Å²) < 4.78 is 43.6. The Balaban J connectivity index is 0.551. The first-order valence-electron chi connectivity index (χ1n) is 44.9. The lowest BCUT2D eigenvalue weighted by Gasteiger charge is -2.42. The number of fused-ring (bicyclic) bond motifs is 5. The van der Waals surface area contributed by atoms with Crippen LogP contribution >= 0.6 is 0 Å². The van der Waals surface area contributed by atoms with Crippen molar-refractivity contribution in [2.45, 2.75) is 225 Å². The summed E-state index contributed by atoms with van der Waals surface area (Å²) in [6, 6.07) is 4.34. The number of nitrogen functional groups attached to an aromatic ring is 2. The lowest BCUT2D eigenvalue weighted by molar-refractivity contribution is -0.265. The molecular weight excluding hydrogens is 1640 g/mol. The monoisotopic (exact) mass is 1760 g/mol. The predicted octanol–water partition coefficient (Wildman–Crippen LogP) is 9.58. The van der Waals surface area contributed by atoms with Crippen molar-refractivity contribution in [3.8, 4) is 11.3 Å². The highest BCUT2D eigenvalue weighted by molar-refractivity contribution is 6.39. The van der Waals surface area contributed by atoms with Crippen molar-refractivity contribution in [1.82, 2.24) is 64.4 Å². The van der Waals surface area contributed by atoms with Crippen LogP contribution in [0.2, 0.25) is 0 Å². The quantitative estimate of drug-likeness (QED) is 0.0161. The molecular formula is C93H122N18O17. The molecule has 0 unspecified atom stereocenters. The number of aliphatic hydroxyl groups is 2. The molecule has 2 bridgehead atoms. The molecule has 4 saturated heterocycles. The fraction of sp³-hybridized carbons (Fsp3) is 0.570. The maximum Gasteiger partial charge on any atom is 0.329 e.